The first kappa shape index (κ1) is 11.9. The Morgan fingerprint density at radius 2 is 2.07 bits per heavy atom. The molecule has 0 heterocycles. The summed E-state index contributed by atoms with van der Waals surface area (Å²) in [6.07, 6.45) is 0. The number of aliphatic hydroxyl groups excluding tert-OH is 1. The van der Waals surface area contributed by atoms with Crippen LogP contribution < -0.4 is 0 Å². The second kappa shape index (κ2) is 5.65. The second-order valence-corrected chi connectivity index (χ2v) is 3.16. The maximum absolute atomic E-state index is 10.4. The maximum atomic E-state index is 10.4. The van der Waals surface area contributed by atoms with Gasteiger partial charge in [0.2, 0.25) is 0 Å². The lowest BCUT2D eigenvalue weighted by Crippen LogP contribution is -2.02. The van der Waals surface area contributed by atoms with Crippen LogP contribution in [0.15, 0.2) is 24.3 Å². The average Bonchev–Trinajstić information content (AvgIpc) is 2.26. The van der Waals surface area contributed by atoms with Crippen LogP contribution in [0.3, 0.4) is 0 Å². The van der Waals surface area contributed by atoms with Gasteiger partial charge in [0.05, 0.1) is 18.1 Å². The van der Waals surface area contributed by atoms with Crippen LogP contribution in [0.5, 0.6) is 0 Å². The third-order valence-electron chi connectivity index (χ3n) is 1.72. The summed E-state index contributed by atoms with van der Waals surface area (Å²) in [5.41, 5.74) is -0.0709. The molecule has 0 bridgehead atoms. The lowest BCUT2D eigenvalue weighted by atomic mass is 10.2. The minimum absolute atomic E-state index is 0.00442. The smallest absolute Gasteiger partial charge is 0.269 e. The molecule has 6 heteroatoms. The fourth-order valence-electron chi connectivity index (χ4n) is 1.000. The van der Waals surface area contributed by atoms with Crippen LogP contribution >= 0.6 is 11.6 Å². The van der Waals surface area contributed by atoms with Crippen molar-refractivity contribution in [1.82, 2.24) is 0 Å². The maximum Gasteiger partial charge on any atom is 0.269 e. The quantitative estimate of drug-likeness (QED) is 0.477. The summed E-state index contributed by atoms with van der Waals surface area (Å²) in [7, 11) is 0. The molecule has 0 radical (unpaired) electrons. The molecule has 82 valence electrons. The van der Waals surface area contributed by atoms with E-state index in [9.17, 15) is 10.1 Å². The molecule has 1 N–H and O–H groups in total. The minimum Gasteiger partial charge on any atom is -0.394 e. The number of hydrogen-bond acceptors (Lipinski definition) is 4. The molecular formula is C9H10ClNO4. The zero-order chi connectivity index (χ0) is 11.3. The van der Waals surface area contributed by atoms with Gasteiger partial charge in [-0.15, -0.1) is 0 Å². The first-order chi connectivity index (χ1) is 7.15. The number of aliphatic hydroxyl groups is 1. The molecule has 1 atom stereocenters. The SMILES string of the molecule is O=[N+]([O-])c1ccc(C(Cl)OCCO)cc1. The summed E-state index contributed by atoms with van der Waals surface area (Å²) in [5, 5.41) is 18.9. The normalized spacial score (nSPS) is 12.4. The largest absolute Gasteiger partial charge is 0.394 e. The zero-order valence-electron chi connectivity index (χ0n) is 7.80. The number of nitro benzene ring substituents is 1. The van der Waals surface area contributed by atoms with E-state index in [1.807, 2.05) is 0 Å². The Morgan fingerprint density at radius 1 is 1.47 bits per heavy atom. The van der Waals surface area contributed by atoms with Gasteiger partial charge in [0.15, 0.2) is 5.56 Å². The monoisotopic (exact) mass is 231 g/mol. The van der Waals surface area contributed by atoms with Crippen molar-refractivity contribution < 1.29 is 14.8 Å². The van der Waals surface area contributed by atoms with Gasteiger partial charge < -0.3 is 9.84 Å². The van der Waals surface area contributed by atoms with Crippen molar-refractivity contribution in [3.8, 4) is 0 Å². The van der Waals surface area contributed by atoms with Crippen LogP contribution in [-0.2, 0) is 4.74 Å². The second-order valence-electron chi connectivity index (χ2n) is 2.76. The van der Waals surface area contributed by atoms with E-state index < -0.39 is 10.5 Å². The summed E-state index contributed by atoms with van der Waals surface area (Å²) < 4.78 is 5.02. The topological polar surface area (TPSA) is 72.6 Å². The van der Waals surface area contributed by atoms with Crippen molar-refractivity contribution in [1.29, 1.82) is 0 Å². The third kappa shape index (κ3) is 3.47. The number of non-ortho nitro benzene ring substituents is 1. The Morgan fingerprint density at radius 3 is 2.53 bits per heavy atom. The molecule has 1 unspecified atom stereocenters. The molecule has 0 aliphatic rings. The lowest BCUT2D eigenvalue weighted by Gasteiger charge is -2.09. The Kier molecular flexibility index (Phi) is 4.48. The summed E-state index contributed by atoms with van der Waals surface area (Å²) in [5.74, 6) is 0. The van der Waals surface area contributed by atoms with Gasteiger partial charge in [-0.2, -0.15) is 0 Å². The standard InChI is InChI=1S/C9H10ClNO4/c10-9(15-6-5-12)7-1-3-8(4-2-7)11(13)14/h1-4,9,12H,5-6H2. The van der Waals surface area contributed by atoms with Gasteiger partial charge in [-0.05, 0) is 17.7 Å². The first-order valence-corrected chi connectivity index (χ1v) is 4.69. The molecule has 1 aromatic carbocycles. The number of hydrogen-bond donors (Lipinski definition) is 1. The molecule has 0 aliphatic carbocycles. The Labute approximate surface area is 91.4 Å². The molecule has 0 saturated carbocycles. The molecule has 5 nitrogen and oxygen atoms in total. The number of rotatable bonds is 5. The van der Waals surface area contributed by atoms with Gasteiger partial charge in [0, 0.05) is 12.1 Å². The van der Waals surface area contributed by atoms with Gasteiger partial charge >= 0.3 is 0 Å². The Bertz CT molecular complexity index is 327. The van der Waals surface area contributed by atoms with Crippen LogP contribution in [0.4, 0.5) is 5.69 Å². The van der Waals surface area contributed by atoms with E-state index in [1.165, 1.54) is 24.3 Å². The number of nitrogens with zero attached hydrogens (tertiary/aromatic N) is 1. The van der Waals surface area contributed by atoms with Crippen LogP contribution in [0, 0.1) is 10.1 Å². The molecule has 15 heavy (non-hydrogen) atoms. The number of alkyl halides is 1. The van der Waals surface area contributed by atoms with Crippen molar-refractivity contribution in [2.75, 3.05) is 13.2 Å². The molecule has 0 aromatic heterocycles. The highest BCUT2D eigenvalue weighted by atomic mass is 35.5. The Balaban J connectivity index is 2.66. The highest BCUT2D eigenvalue weighted by molar-refractivity contribution is 6.19. The molecular weight excluding hydrogens is 222 g/mol. The van der Waals surface area contributed by atoms with E-state index in [-0.39, 0.29) is 18.9 Å². The predicted octanol–water partition coefficient (Wildman–Crippen LogP) is 1.84. The van der Waals surface area contributed by atoms with Crippen molar-refractivity contribution in [3.63, 3.8) is 0 Å². The van der Waals surface area contributed by atoms with E-state index in [2.05, 4.69) is 0 Å². The number of halogens is 1. The zero-order valence-corrected chi connectivity index (χ0v) is 8.55. The van der Waals surface area contributed by atoms with Crippen LogP contribution in [0.2, 0.25) is 0 Å². The molecule has 0 amide bonds. The number of ether oxygens (including phenoxy) is 1. The summed E-state index contributed by atoms with van der Waals surface area (Å²) in [6, 6.07) is 5.75. The van der Waals surface area contributed by atoms with Crippen molar-refractivity contribution >= 4 is 17.3 Å². The van der Waals surface area contributed by atoms with E-state index in [0.29, 0.717) is 5.56 Å². The highest BCUT2D eigenvalue weighted by Crippen LogP contribution is 2.23. The lowest BCUT2D eigenvalue weighted by molar-refractivity contribution is -0.384. The Hall–Kier alpha value is -1.17. The van der Waals surface area contributed by atoms with Crippen molar-refractivity contribution in [2.45, 2.75) is 5.56 Å². The number of benzene rings is 1. The van der Waals surface area contributed by atoms with E-state index in [1.54, 1.807) is 0 Å². The highest BCUT2D eigenvalue weighted by Gasteiger charge is 2.10. The van der Waals surface area contributed by atoms with Crippen LogP contribution in [0.25, 0.3) is 0 Å². The average molecular weight is 232 g/mol. The molecule has 1 aromatic rings. The fraction of sp³-hybridized carbons (Fsp3) is 0.333. The summed E-state index contributed by atoms with van der Waals surface area (Å²) in [6.45, 7) is 0.0152. The van der Waals surface area contributed by atoms with E-state index in [0.717, 1.165) is 0 Å². The minimum atomic E-state index is -0.696. The molecule has 0 saturated heterocycles. The van der Waals surface area contributed by atoms with Crippen molar-refractivity contribution in [2.24, 2.45) is 0 Å². The van der Waals surface area contributed by atoms with E-state index >= 15 is 0 Å². The van der Waals surface area contributed by atoms with Gasteiger partial charge in [0.1, 0.15) is 0 Å². The first-order valence-electron chi connectivity index (χ1n) is 4.26. The van der Waals surface area contributed by atoms with Crippen LogP contribution in [0.1, 0.15) is 11.1 Å². The summed E-state index contributed by atoms with van der Waals surface area (Å²) >= 11 is 5.81. The van der Waals surface area contributed by atoms with Gasteiger partial charge in [-0.1, -0.05) is 11.6 Å². The van der Waals surface area contributed by atoms with Gasteiger partial charge in [-0.3, -0.25) is 10.1 Å². The van der Waals surface area contributed by atoms with Crippen LogP contribution in [-0.4, -0.2) is 23.2 Å². The molecule has 0 aliphatic heterocycles. The van der Waals surface area contributed by atoms with E-state index in [4.69, 9.17) is 21.4 Å². The molecule has 0 spiro atoms. The summed E-state index contributed by atoms with van der Waals surface area (Å²) in [4.78, 5) is 9.88. The third-order valence-corrected chi connectivity index (χ3v) is 2.10. The fourth-order valence-corrected chi connectivity index (χ4v) is 1.23. The van der Waals surface area contributed by atoms with Crippen molar-refractivity contribution in [3.05, 3.63) is 39.9 Å². The molecule has 0 fully saturated rings. The molecule has 1 rings (SSSR count). The predicted molar refractivity (Wildman–Crippen MR) is 54.7 cm³/mol. The van der Waals surface area contributed by atoms with Gasteiger partial charge in [0.25, 0.3) is 5.69 Å². The number of nitro groups is 1. The van der Waals surface area contributed by atoms with Gasteiger partial charge in [-0.25, -0.2) is 0 Å².